The quantitative estimate of drug-likeness (QED) is 0.641. The van der Waals surface area contributed by atoms with Crippen molar-refractivity contribution in [3.63, 3.8) is 0 Å². The zero-order valence-corrected chi connectivity index (χ0v) is 12.5. The molecule has 2 aromatic rings. The smallest absolute Gasteiger partial charge is 0.0154 e. The first-order chi connectivity index (χ1) is 9.02. The monoisotopic (exact) mass is 250 g/mol. The molecule has 2 rings (SSSR count). The van der Waals surface area contributed by atoms with Crippen LogP contribution < -0.4 is 0 Å². The van der Waals surface area contributed by atoms with Crippen LogP contribution in [0.5, 0.6) is 0 Å². The van der Waals surface area contributed by atoms with Crippen LogP contribution in [0.2, 0.25) is 0 Å². The van der Waals surface area contributed by atoms with Gasteiger partial charge in [-0.3, -0.25) is 0 Å². The Kier molecular flexibility index (Phi) is 3.90. The molecule has 0 radical (unpaired) electrons. The van der Waals surface area contributed by atoms with Crippen LogP contribution in [-0.2, 0) is 0 Å². The van der Waals surface area contributed by atoms with Gasteiger partial charge in [0.05, 0.1) is 0 Å². The van der Waals surface area contributed by atoms with Crippen LogP contribution in [0.15, 0.2) is 42.5 Å². The van der Waals surface area contributed by atoms with E-state index in [1.54, 1.807) is 0 Å². The molecule has 0 aromatic heterocycles. The van der Waals surface area contributed by atoms with Crippen LogP contribution in [0.25, 0.3) is 16.7 Å². The molecule has 0 amide bonds. The minimum Gasteiger partial charge on any atom is -0.0841 e. The summed E-state index contributed by atoms with van der Waals surface area (Å²) in [5.41, 5.74) is 9.32. The van der Waals surface area contributed by atoms with Crippen molar-refractivity contribution in [3.05, 3.63) is 64.7 Å². The van der Waals surface area contributed by atoms with E-state index < -0.39 is 0 Å². The molecule has 0 atom stereocenters. The molecule has 0 unspecified atom stereocenters. The maximum atomic E-state index is 2.29. The molecule has 19 heavy (non-hydrogen) atoms. The average Bonchev–Trinajstić information content (AvgIpc) is 2.37. The van der Waals surface area contributed by atoms with Crippen molar-refractivity contribution in [1.29, 1.82) is 0 Å². The van der Waals surface area contributed by atoms with Gasteiger partial charge in [-0.15, -0.1) is 0 Å². The number of allylic oxidation sites excluding steroid dienone is 2. The average molecular weight is 250 g/mol. The maximum Gasteiger partial charge on any atom is -0.0154 e. The van der Waals surface area contributed by atoms with Crippen molar-refractivity contribution in [2.24, 2.45) is 0 Å². The Morgan fingerprint density at radius 2 is 1.63 bits per heavy atom. The summed E-state index contributed by atoms with van der Waals surface area (Å²) in [5.74, 6) is 0. The lowest BCUT2D eigenvalue weighted by Gasteiger charge is -2.11. The van der Waals surface area contributed by atoms with Gasteiger partial charge in [0.25, 0.3) is 0 Å². The molecule has 0 spiro atoms. The fourth-order valence-corrected chi connectivity index (χ4v) is 2.57. The van der Waals surface area contributed by atoms with Crippen molar-refractivity contribution in [1.82, 2.24) is 0 Å². The van der Waals surface area contributed by atoms with E-state index in [9.17, 15) is 0 Å². The third kappa shape index (κ3) is 2.78. The van der Waals surface area contributed by atoms with Crippen molar-refractivity contribution < 1.29 is 0 Å². The van der Waals surface area contributed by atoms with E-state index in [2.05, 4.69) is 77.1 Å². The molecular formula is C19H22. The fourth-order valence-electron chi connectivity index (χ4n) is 2.57. The van der Waals surface area contributed by atoms with Crippen LogP contribution in [0.1, 0.15) is 36.1 Å². The van der Waals surface area contributed by atoms with Gasteiger partial charge in [0, 0.05) is 0 Å². The first-order valence-corrected chi connectivity index (χ1v) is 6.84. The van der Waals surface area contributed by atoms with Gasteiger partial charge in [0.15, 0.2) is 0 Å². The third-order valence-electron chi connectivity index (χ3n) is 3.78. The Morgan fingerprint density at radius 3 is 2.21 bits per heavy atom. The second kappa shape index (κ2) is 5.44. The van der Waals surface area contributed by atoms with Crippen LogP contribution >= 0.6 is 0 Å². The van der Waals surface area contributed by atoms with E-state index in [4.69, 9.17) is 0 Å². The second-order valence-electron chi connectivity index (χ2n) is 5.32. The van der Waals surface area contributed by atoms with Gasteiger partial charge in [-0.1, -0.05) is 48.0 Å². The highest BCUT2D eigenvalue weighted by atomic mass is 14.1. The standard InChI is InChI=1S/C19H22/c1-6-14(3)18-10-8-17(12-16(18)5)19-9-7-13(2)11-15(19)4/h6-12H,1-5H3/b14-6+. The van der Waals surface area contributed by atoms with Gasteiger partial charge in [-0.05, 0) is 68.0 Å². The lowest BCUT2D eigenvalue weighted by molar-refractivity contribution is 1.36. The first kappa shape index (κ1) is 13.6. The molecule has 2 aromatic carbocycles. The Labute approximate surface area is 116 Å². The van der Waals surface area contributed by atoms with Crippen LogP contribution in [0.3, 0.4) is 0 Å². The van der Waals surface area contributed by atoms with Crippen molar-refractivity contribution in [2.75, 3.05) is 0 Å². The highest BCUT2D eigenvalue weighted by molar-refractivity contribution is 5.73. The molecule has 0 aliphatic carbocycles. The Balaban J connectivity index is 2.50. The van der Waals surface area contributed by atoms with Crippen LogP contribution in [0.4, 0.5) is 0 Å². The Hall–Kier alpha value is -1.82. The maximum absolute atomic E-state index is 2.29. The first-order valence-electron chi connectivity index (χ1n) is 6.84. The predicted molar refractivity (Wildman–Crippen MR) is 85.4 cm³/mol. The summed E-state index contributed by atoms with van der Waals surface area (Å²) in [6, 6.07) is 13.4. The minimum absolute atomic E-state index is 1.31. The molecule has 0 saturated carbocycles. The highest BCUT2D eigenvalue weighted by Gasteiger charge is 2.05. The van der Waals surface area contributed by atoms with Crippen LogP contribution in [0, 0.1) is 20.8 Å². The zero-order chi connectivity index (χ0) is 14.0. The van der Waals surface area contributed by atoms with Crippen LogP contribution in [-0.4, -0.2) is 0 Å². The lowest BCUT2D eigenvalue weighted by atomic mass is 9.93. The largest absolute Gasteiger partial charge is 0.0841 e. The number of hydrogen-bond acceptors (Lipinski definition) is 0. The van der Waals surface area contributed by atoms with Gasteiger partial charge in [0.2, 0.25) is 0 Å². The second-order valence-corrected chi connectivity index (χ2v) is 5.32. The number of aryl methyl sites for hydroxylation is 3. The van der Waals surface area contributed by atoms with Gasteiger partial charge < -0.3 is 0 Å². The number of hydrogen-bond donors (Lipinski definition) is 0. The molecule has 0 heterocycles. The molecule has 0 N–H and O–H groups in total. The summed E-state index contributed by atoms with van der Waals surface area (Å²) in [6.45, 7) is 10.8. The summed E-state index contributed by atoms with van der Waals surface area (Å²) in [7, 11) is 0. The third-order valence-corrected chi connectivity index (χ3v) is 3.78. The van der Waals surface area contributed by atoms with E-state index in [1.165, 1.54) is 39.0 Å². The van der Waals surface area contributed by atoms with Crippen molar-refractivity contribution in [2.45, 2.75) is 34.6 Å². The molecule has 0 aliphatic rings. The Morgan fingerprint density at radius 1 is 0.895 bits per heavy atom. The molecule has 98 valence electrons. The number of benzene rings is 2. The van der Waals surface area contributed by atoms with E-state index in [0.29, 0.717) is 0 Å². The topological polar surface area (TPSA) is 0 Å². The summed E-state index contributed by atoms with van der Waals surface area (Å²) in [4.78, 5) is 0. The molecular weight excluding hydrogens is 228 g/mol. The molecule has 0 fully saturated rings. The molecule has 0 heteroatoms. The Bertz CT molecular complexity index is 630. The predicted octanol–water partition coefficient (Wildman–Crippen LogP) is 5.70. The zero-order valence-electron chi connectivity index (χ0n) is 12.5. The van der Waals surface area contributed by atoms with Gasteiger partial charge in [0.1, 0.15) is 0 Å². The summed E-state index contributed by atoms with van der Waals surface area (Å²) in [6.07, 6.45) is 2.17. The fraction of sp³-hybridized carbons (Fsp3) is 0.263. The van der Waals surface area contributed by atoms with Gasteiger partial charge >= 0.3 is 0 Å². The summed E-state index contributed by atoms with van der Waals surface area (Å²) in [5, 5.41) is 0. The molecule has 0 nitrogen and oxygen atoms in total. The van der Waals surface area contributed by atoms with Gasteiger partial charge in [-0.25, -0.2) is 0 Å². The summed E-state index contributed by atoms with van der Waals surface area (Å²) >= 11 is 0. The molecule has 0 saturated heterocycles. The molecule has 0 aliphatic heterocycles. The van der Waals surface area contributed by atoms with E-state index >= 15 is 0 Å². The highest BCUT2D eigenvalue weighted by Crippen LogP contribution is 2.28. The number of rotatable bonds is 2. The van der Waals surface area contributed by atoms with Gasteiger partial charge in [-0.2, -0.15) is 0 Å². The molecule has 0 bridgehead atoms. The van der Waals surface area contributed by atoms with Crippen molar-refractivity contribution >= 4 is 5.57 Å². The normalized spacial score (nSPS) is 11.7. The van der Waals surface area contributed by atoms with E-state index in [-0.39, 0.29) is 0 Å². The van der Waals surface area contributed by atoms with E-state index in [0.717, 1.165) is 0 Å². The van der Waals surface area contributed by atoms with Crippen molar-refractivity contribution in [3.8, 4) is 11.1 Å². The SMILES string of the molecule is C/C=C(\C)c1ccc(-c2ccc(C)cc2C)cc1C. The lowest BCUT2D eigenvalue weighted by Crippen LogP contribution is -1.89. The minimum atomic E-state index is 1.31. The summed E-state index contributed by atoms with van der Waals surface area (Å²) < 4.78 is 0. The van der Waals surface area contributed by atoms with E-state index in [1.807, 2.05) is 0 Å².